The van der Waals surface area contributed by atoms with Gasteiger partial charge in [-0.2, -0.15) is 0 Å². The molecule has 2 aliphatic heterocycles. The van der Waals surface area contributed by atoms with Crippen LogP contribution >= 0.6 is 0 Å². The highest BCUT2D eigenvalue weighted by Gasteiger charge is 2.49. The van der Waals surface area contributed by atoms with Crippen molar-refractivity contribution < 1.29 is 19.4 Å². The Kier molecular flexibility index (Phi) is 3.57. The minimum absolute atomic E-state index is 0.0790. The van der Waals surface area contributed by atoms with Gasteiger partial charge in [0.25, 0.3) is 0 Å². The predicted octanol–water partition coefficient (Wildman–Crippen LogP) is 0.0635. The van der Waals surface area contributed by atoms with Crippen LogP contribution in [0.1, 0.15) is 26.7 Å². The van der Waals surface area contributed by atoms with Crippen LogP contribution in [0.5, 0.6) is 0 Å². The highest BCUT2D eigenvalue weighted by atomic mass is 16.5. The van der Waals surface area contributed by atoms with E-state index in [0.717, 1.165) is 0 Å². The summed E-state index contributed by atoms with van der Waals surface area (Å²) in [7, 11) is 0. The molecule has 0 aromatic carbocycles. The molecule has 3 unspecified atom stereocenters. The zero-order chi connectivity index (χ0) is 14.3. The first-order valence-electron chi connectivity index (χ1n) is 6.66. The Bertz CT molecular complexity index is 400. The number of carbonyl (C=O) groups excluding carboxylic acids is 1. The van der Waals surface area contributed by atoms with E-state index < -0.39 is 16.8 Å². The molecular weight excluding hydrogens is 248 g/mol. The molecule has 0 saturated carbocycles. The molecule has 2 fully saturated rings. The first-order chi connectivity index (χ1) is 8.79. The molecule has 6 nitrogen and oxygen atoms in total. The number of aliphatic carboxylic acids is 1. The average molecular weight is 270 g/mol. The summed E-state index contributed by atoms with van der Waals surface area (Å²) in [6.45, 7) is 5.05. The van der Waals surface area contributed by atoms with Crippen molar-refractivity contribution >= 4 is 11.9 Å². The third kappa shape index (κ3) is 2.34. The summed E-state index contributed by atoms with van der Waals surface area (Å²) in [5.74, 6) is -0.924. The normalized spacial score (nSPS) is 39.3. The van der Waals surface area contributed by atoms with Gasteiger partial charge in [-0.25, -0.2) is 0 Å². The summed E-state index contributed by atoms with van der Waals surface area (Å²) in [5.41, 5.74) is 4.38. The van der Waals surface area contributed by atoms with E-state index in [0.29, 0.717) is 32.6 Å². The summed E-state index contributed by atoms with van der Waals surface area (Å²) < 4.78 is 5.29. The molecule has 6 heteroatoms. The molecule has 2 rings (SSSR count). The quantitative estimate of drug-likeness (QED) is 0.740. The third-order valence-corrected chi connectivity index (χ3v) is 4.51. The van der Waals surface area contributed by atoms with Gasteiger partial charge < -0.3 is 20.5 Å². The van der Waals surface area contributed by atoms with E-state index in [1.165, 1.54) is 0 Å². The minimum Gasteiger partial charge on any atom is -0.481 e. The molecule has 1 amide bonds. The first-order valence-corrected chi connectivity index (χ1v) is 6.66. The number of likely N-dealkylation sites (tertiary alicyclic amines) is 1. The molecule has 0 aromatic rings. The lowest BCUT2D eigenvalue weighted by atomic mass is 9.79. The van der Waals surface area contributed by atoms with Crippen LogP contribution in [0.15, 0.2) is 0 Å². The highest BCUT2D eigenvalue weighted by Crippen LogP contribution is 2.35. The molecule has 2 saturated heterocycles. The number of hydrogen-bond donors (Lipinski definition) is 2. The molecule has 0 aliphatic carbocycles. The monoisotopic (exact) mass is 270 g/mol. The summed E-state index contributed by atoms with van der Waals surface area (Å²) in [6, 6.07) is -0.321. The van der Waals surface area contributed by atoms with Crippen LogP contribution in [0.4, 0.5) is 0 Å². The lowest BCUT2D eigenvalue weighted by molar-refractivity contribution is -0.156. The number of hydrogen-bond acceptors (Lipinski definition) is 4. The lowest BCUT2D eigenvalue weighted by Crippen LogP contribution is -2.56. The van der Waals surface area contributed by atoms with Crippen molar-refractivity contribution in [3.8, 4) is 0 Å². The molecule has 0 radical (unpaired) electrons. The van der Waals surface area contributed by atoms with Crippen molar-refractivity contribution in [3.05, 3.63) is 0 Å². The number of carboxylic acid groups (broad SMARTS) is 1. The molecule has 19 heavy (non-hydrogen) atoms. The summed E-state index contributed by atoms with van der Waals surface area (Å²) in [5, 5.41) is 9.29. The lowest BCUT2D eigenvalue weighted by Gasteiger charge is -2.41. The van der Waals surface area contributed by atoms with Crippen molar-refractivity contribution in [1.82, 2.24) is 4.90 Å². The summed E-state index contributed by atoms with van der Waals surface area (Å²) in [4.78, 5) is 25.6. The van der Waals surface area contributed by atoms with E-state index in [-0.39, 0.29) is 18.5 Å². The third-order valence-electron chi connectivity index (χ3n) is 4.51. The van der Waals surface area contributed by atoms with E-state index in [9.17, 15) is 14.7 Å². The van der Waals surface area contributed by atoms with Gasteiger partial charge in [-0.15, -0.1) is 0 Å². The van der Waals surface area contributed by atoms with E-state index in [4.69, 9.17) is 10.5 Å². The first kappa shape index (κ1) is 14.3. The zero-order valence-corrected chi connectivity index (χ0v) is 11.5. The number of rotatable bonds is 2. The highest BCUT2D eigenvalue weighted by molar-refractivity contribution is 5.85. The van der Waals surface area contributed by atoms with Crippen molar-refractivity contribution in [2.45, 2.75) is 32.7 Å². The smallest absolute Gasteiger partial charge is 0.311 e. The average Bonchev–Trinajstić information content (AvgIpc) is 2.70. The number of piperidine rings is 1. The van der Waals surface area contributed by atoms with Crippen LogP contribution in [0, 0.1) is 10.8 Å². The second-order valence-electron chi connectivity index (χ2n) is 6.24. The van der Waals surface area contributed by atoms with Gasteiger partial charge >= 0.3 is 5.97 Å². The van der Waals surface area contributed by atoms with Gasteiger partial charge in [-0.3, -0.25) is 9.59 Å². The standard InChI is InChI=1S/C13H22N2O4/c1-12(11(17)18)4-3-5-15(7-12)10(16)13(2)8-19-6-9(13)14/h9H,3-8,14H2,1-2H3,(H,17,18). The van der Waals surface area contributed by atoms with Gasteiger partial charge in [0.05, 0.1) is 24.0 Å². The topological polar surface area (TPSA) is 92.9 Å². The molecular formula is C13H22N2O4. The fourth-order valence-electron chi connectivity index (χ4n) is 2.86. The van der Waals surface area contributed by atoms with Crippen LogP contribution in [-0.4, -0.2) is 54.2 Å². The van der Waals surface area contributed by atoms with Crippen LogP contribution in [-0.2, 0) is 14.3 Å². The Balaban J connectivity index is 2.14. The predicted molar refractivity (Wildman–Crippen MR) is 68.5 cm³/mol. The van der Waals surface area contributed by atoms with E-state index in [1.54, 1.807) is 18.7 Å². The molecule has 3 atom stereocenters. The maximum atomic E-state index is 12.6. The number of carbonyl (C=O) groups is 2. The zero-order valence-electron chi connectivity index (χ0n) is 11.5. The van der Waals surface area contributed by atoms with Crippen LogP contribution in [0.2, 0.25) is 0 Å². The molecule has 108 valence electrons. The maximum absolute atomic E-state index is 12.6. The second-order valence-corrected chi connectivity index (χ2v) is 6.24. The fraction of sp³-hybridized carbons (Fsp3) is 0.846. The SMILES string of the molecule is CC1(C(=O)O)CCCN(C(=O)C2(C)COCC2N)C1. The minimum atomic E-state index is -0.853. The van der Waals surface area contributed by atoms with Gasteiger partial charge in [-0.05, 0) is 26.7 Å². The van der Waals surface area contributed by atoms with E-state index in [1.807, 2.05) is 0 Å². The molecule has 0 aromatic heterocycles. The number of carboxylic acids is 1. The number of ether oxygens (including phenoxy) is 1. The maximum Gasteiger partial charge on any atom is 0.311 e. The largest absolute Gasteiger partial charge is 0.481 e. The summed E-state index contributed by atoms with van der Waals surface area (Å²) in [6.07, 6.45) is 1.31. The Labute approximate surface area is 112 Å². The van der Waals surface area contributed by atoms with Gasteiger partial charge in [0.2, 0.25) is 5.91 Å². The Morgan fingerprint density at radius 1 is 1.42 bits per heavy atom. The Morgan fingerprint density at radius 2 is 2.11 bits per heavy atom. The van der Waals surface area contributed by atoms with Gasteiger partial charge in [0.1, 0.15) is 0 Å². The van der Waals surface area contributed by atoms with Crippen molar-refractivity contribution in [1.29, 1.82) is 0 Å². The van der Waals surface area contributed by atoms with Crippen molar-refractivity contribution in [3.63, 3.8) is 0 Å². The van der Waals surface area contributed by atoms with E-state index >= 15 is 0 Å². The molecule has 2 heterocycles. The second kappa shape index (κ2) is 4.76. The van der Waals surface area contributed by atoms with Crippen LogP contribution < -0.4 is 5.73 Å². The fourth-order valence-corrected chi connectivity index (χ4v) is 2.86. The van der Waals surface area contributed by atoms with Crippen LogP contribution in [0.25, 0.3) is 0 Å². The number of nitrogens with zero attached hydrogens (tertiary/aromatic N) is 1. The van der Waals surface area contributed by atoms with E-state index in [2.05, 4.69) is 0 Å². The molecule has 3 N–H and O–H groups in total. The Hall–Kier alpha value is -1.14. The number of amides is 1. The van der Waals surface area contributed by atoms with Crippen molar-refractivity contribution in [2.75, 3.05) is 26.3 Å². The van der Waals surface area contributed by atoms with Gasteiger partial charge in [0, 0.05) is 19.1 Å². The summed E-state index contributed by atoms with van der Waals surface area (Å²) >= 11 is 0. The van der Waals surface area contributed by atoms with Crippen molar-refractivity contribution in [2.24, 2.45) is 16.6 Å². The van der Waals surface area contributed by atoms with Gasteiger partial charge in [-0.1, -0.05) is 0 Å². The number of nitrogens with two attached hydrogens (primary N) is 1. The molecule has 0 spiro atoms. The van der Waals surface area contributed by atoms with Gasteiger partial charge in [0.15, 0.2) is 0 Å². The molecule has 0 bridgehead atoms. The molecule has 2 aliphatic rings. The van der Waals surface area contributed by atoms with Crippen LogP contribution in [0.3, 0.4) is 0 Å². The Morgan fingerprint density at radius 3 is 2.63 bits per heavy atom.